The van der Waals surface area contributed by atoms with Gasteiger partial charge in [0, 0.05) is 42.0 Å². The zero-order chi connectivity index (χ0) is 26.3. The monoisotopic (exact) mass is 527 g/mol. The molecule has 10 nitrogen and oxygen atoms in total. The number of H-pyrrole nitrogens is 1. The first-order valence-corrected chi connectivity index (χ1v) is 11.9. The van der Waals surface area contributed by atoms with Gasteiger partial charge in [-0.05, 0) is 31.0 Å². The van der Waals surface area contributed by atoms with Gasteiger partial charge < -0.3 is 21.1 Å². The number of amidine groups is 1. The van der Waals surface area contributed by atoms with Crippen LogP contribution in [-0.2, 0) is 6.61 Å². The van der Waals surface area contributed by atoms with Crippen LogP contribution in [0.4, 0.5) is 26.1 Å². The van der Waals surface area contributed by atoms with Crippen LogP contribution in [0.25, 0.3) is 22.4 Å². The Hall–Kier alpha value is -3.90. The van der Waals surface area contributed by atoms with Gasteiger partial charge in [0.05, 0.1) is 11.6 Å². The molecular formula is C24H24ClF2N9O. The molecule has 0 radical (unpaired) electrons. The number of aliphatic hydroxyl groups excluding tert-OH is 1. The molecule has 4 aromatic rings. The lowest BCUT2D eigenvalue weighted by Crippen LogP contribution is -2.45. The van der Waals surface area contributed by atoms with Gasteiger partial charge in [0.25, 0.3) is 0 Å². The third-order valence-corrected chi connectivity index (χ3v) is 7.12. The van der Waals surface area contributed by atoms with Crippen molar-refractivity contribution in [2.75, 3.05) is 29.0 Å². The van der Waals surface area contributed by atoms with Crippen LogP contribution in [0.1, 0.15) is 25.5 Å². The minimum Gasteiger partial charge on any atom is -0.390 e. The Bertz CT molecular complexity index is 1500. The van der Waals surface area contributed by atoms with Crippen LogP contribution >= 0.6 is 11.6 Å². The van der Waals surface area contributed by atoms with E-state index >= 15 is 0 Å². The second-order valence-electron chi connectivity index (χ2n) is 9.16. The fourth-order valence-electron chi connectivity index (χ4n) is 4.39. The van der Waals surface area contributed by atoms with Crippen molar-refractivity contribution >= 4 is 45.9 Å². The summed E-state index contributed by atoms with van der Waals surface area (Å²) in [5.74, 6) is -1.00. The predicted octanol–water partition coefficient (Wildman–Crippen LogP) is 4.12. The Morgan fingerprint density at radius 1 is 1.24 bits per heavy atom. The summed E-state index contributed by atoms with van der Waals surface area (Å²) in [5.41, 5.74) is 7.88. The van der Waals surface area contributed by atoms with E-state index in [0.29, 0.717) is 65.6 Å². The summed E-state index contributed by atoms with van der Waals surface area (Å²) in [6.07, 6.45) is 2.70. The van der Waals surface area contributed by atoms with E-state index in [0.717, 1.165) is 12.1 Å². The molecular weight excluding hydrogens is 504 g/mol. The van der Waals surface area contributed by atoms with Crippen LogP contribution in [0.3, 0.4) is 0 Å². The fraction of sp³-hybridized carbons (Fsp3) is 0.292. The molecule has 1 fully saturated rings. The van der Waals surface area contributed by atoms with Crippen LogP contribution in [0.2, 0.25) is 5.02 Å². The summed E-state index contributed by atoms with van der Waals surface area (Å²) in [6, 6.07) is 5.14. The van der Waals surface area contributed by atoms with Crippen molar-refractivity contribution in [2.45, 2.75) is 26.4 Å². The smallest absolute Gasteiger partial charge is 0.177 e. The van der Waals surface area contributed by atoms with Gasteiger partial charge in [0.2, 0.25) is 0 Å². The first-order valence-electron chi connectivity index (χ1n) is 11.5. The summed E-state index contributed by atoms with van der Waals surface area (Å²) in [6.45, 7) is 2.70. The van der Waals surface area contributed by atoms with Crippen molar-refractivity contribution in [3.05, 3.63) is 52.8 Å². The van der Waals surface area contributed by atoms with Gasteiger partial charge in [-0.15, -0.1) is 0 Å². The Labute approximate surface area is 215 Å². The molecule has 1 aliphatic rings. The molecule has 0 unspecified atom stereocenters. The van der Waals surface area contributed by atoms with Crippen molar-refractivity contribution in [1.29, 1.82) is 5.41 Å². The van der Waals surface area contributed by atoms with Crippen LogP contribution in [0.5, 0.6) is 0 Å². The molecule has 0 atom stereocenters. The Morgan fingerprint density at radius 3 is 2.70 bits per heavy atom. The van der Waals surface area contributed by atoms with Crippen LogP contribution < -0.4 is 16.0 Å². The summed E-state index contributed by atoms with van der Waals surface area (Å²) < 4.78 is 26.8. The first kappa shape index (κ1) is 24.8. The fourth-order valence-corrected chi connectivity index (χ4v) is 4.59. The zero-order valence-electron chi connectivity index (χ0n) is 19.8. The number of piperidine rings is 1. The molecule has 0 spiro atoms. The first-order chi connectivity index (χ1) is 17.7. The van der Waals surface area contributed by atoms with E-state index < -0.39 is 17.0 Å². The Morgan fingerprint density at radius 2 is 2.00 bits per heavy atom. The standard InChI is InChI=1S/C24H24ClF2N9O/c1-24(23(29)31-12-2-3-14(26)15(27)10-12)5-8-36(9-6-24)22-16(11-37)32-19-18(34-35-21(19)33-22)13-4-7-30-20(28)17(13)25/h2-4,7,10,37H,5-6,8-9,11H2,1H3,(H2,28,30)(H2,29,31)(H,33,34,35). The number of aromatic amines is 1. The molecule has 1 aromatic carbocycles. The molecule has 0 bridgehead atoms. The van der Waals surface area contributed by atoms with E-state index in [1.165, 1.54) is 12.3 Å². The molecule has 0 aliphatic carbocycles. The number of halogens is 3. The number of hydrogen-bond donors (Lipinski definition) is 5. The number of pyridine rings is 1. The number of nitrogens with one attached hydrogen (secondary N) is 3. The lowest BCUT2D eigenvalue weighted by Gasteiger charge is -2.40. The van der Waals surface area contributed by atoms with Crippen LogP contribution in [0.15, 0.2) is 30.5 Å². The molecule has 192 valence electrons. The molecule has 4 heterocycles. The second-order valence-corrected chi connectivity index (χ2v) is 9.53. The molecule has 13 heteroatoms. The molecule has 5 rings (SSSR count). The van der Waals surface area contributed by atoms with Crippen molar-refractivity contribution < 1.29 is 13.9 Å². The van der Waals surface area contributed by atoms with Gasteiger partial charge >= 0.3 is 0 Å². The highest BCUT2D eigenvalue weighted by molar-refractivity contribution is 6.35. The predicted molar refractivity (Wildman–Crippen MR) is 138 cm³/mol. The number of hydrogen-bond acceptors (Lipinski definition) is 8. The summed E-state index contributed by atoms with van der Waals surface area (Å²) in [4.78, 5) is 15.3. The van der Waals surface area contributed by atoms with Crippen molar-refractivity contribution in [3.8, 4) is 11.3 Å². The van der Waals surface area contributed by atoms with E-state index in [9.17, 15) is 13.9 Å². The van der Waals surface area contributed by atoms with Gasteiger partial charge in [-0.3, -0.25) is 10.5 Å². The molecule has 1 aliphatic heterocycles. The minimum atomic E-state index is -0.972. The van der Waals surface area contributed by atoms with Gasteiger partial charge in [0.1, 0.15) is 28.6 Å². The number of benzene rings is 1. The molecule has 0 amide bonds. The number of nitrogen functional groups attached to an aromatic ring is 1. The van der Waals surface area contributed by atoms with Crippen molar-refractivity contribution in [3.63, 3.8) is 0 Å². The number of anilines is 3. The quantitative estimate of drug-likeness (QED) is 0.192. The van der Waals surface area contributed by atoms with E-state index in [1.807, 2.05) is 11.8 Å². The summed E-state index contributed by atoms with van der Waals surface area (Å²) in [5, 5.41) is 29.0. The highest BCUT2D eigenvalue weighted by atomic mass is 35.5. The molecule has 6 N–H and O–H groups in total. The van der Waals surface area contributed by atoms with Gasteiger partial charge in [-0.2, -0.15) is 5.10 Å². The SMILES string of the molecule is CC1(C(=N)Nc2ccc(F)c(F)c2)CCN(c2nc3[nH]nc(-c4ccnc(N)c4Cl)c3nc2CO)CC1. The molecule has 0 saturated carbocycles. The van der Waals surface area contributed by atoms with Gasteiger partial charge in [0.15, 0.2) is 23.1 Å². The van der Waals surface area contributed by atoms with Crippen LogP contribution in [0, 0.1) is 22.5 Å². The summed E-state index contributed by atoms with van der Waals surface area (Å²) >= 11 is 6.32. The zero-order valence-corrected chi connectivity index (χ0v) is 20.6. The average Bonchev–Trinajstić information content (AvgIpc) is 3.30. The highest BCUT2D eigenvalue weighted by Gasteiger charge is 2.36. The number of nitrogens with two attached hydrogens (primary N) is 1. The highest BCUT2D eigenvalue weighted by Crippen LogP contribution is 2.37. The number of aromatic nitrogens is 5. The number of nitrogens with zero attached hydrogens (tertiary/aromatic N) is 5. The van der Waals surface area contributed by atoms with E-state index in [1.54, 1.807) is 6.07 Å². The topological polar surface area (TPSA) is 153 Å². The Balaban J connectivity index is 1.37. The van der Waals surface area contributed by atoms with E-state index in [2.05, 4.69) is 25.5 Å². The molecule has 3 aromatic heterocycles. The average molecular weight is 528 g/mol. The largest absolute Gasteiger partial charge is 0.390 e. The third kappa shape index (κ3) is 4.53. The van der Waals surface area contributed by atoms with Gasteiger partial charge in [-0.1, -0.05) is 18.5 Å². The lowest BCUT2D eigenvalue weighted by molar-refractivity contribution is 0.276. The van der Waals surface area contributed by atoms with Crippen molar-refractivity contribution in [1.82, 2.24) is 25.1 Å². The minimum absolute atomic E-state index is 0.170. The van der Waals surface area contributed by atoms with Gasteiger partial charge in [-0.25, -0.2) is 23.7 Å². The second kappa shape index (κ2) is 9.52. The van der Waals surface area contributed by atoms with E-state index in [4.69, 9.17) is 27.7 Å². The van der Waals surface area contributed by atoms with E-state index in [-0.39, 0.29) is 23.3 Å². The molecule has 37 heavy (non-hydrogen) atoms. The molecule has 1 saturated heterocycles. The maximum atomic E-state index is 13.6. The Kier molecular flexibility index (Phi) is 6.38. The maximum absolute atomic E-state index is 13.6. The maximum Gasteiger partial charge on any atom is 0.177 e. The number of rotatable bonds is 5. The number of fused-ring (bicyclic) bond motifs is 1. The van der Waals surface area contributed by atoms with Crippen molar-refractivity contribution in [2.24, 2.45) is 5.41 Å². The van der Waals surface area contributed by atoms with Crippen LogP contribution in [-0.4, -0.2) is 49.2 Å². The number of aliphatic hydroxyl groups is 1. The normalized spacial score (nSPS) is 15.2. The lowest BCUT2D eigenvalue weighted by atomic mass is 9.79. The summed E-state index contributed by atoms with van der Waals surface area (Å²) in [7, 11) is 0. The third-order valence-electron chi connectivity index (χ3n) is 6.72.